The van der Waals surface area contributed by atoms with Crippen LogP contribution in [0, 0.1) is 0 Å². The van der Waals surface area contributed by atoms with Gasteiger partial charge in [-0.3, -0.25) is 5.32 Å². The van der Waals surface area contributed by atoms with Crippen LogP contribution in [0.25, 0.3) is 0 Å². The molecule has 0 aliphatic rings. The highest BCUT2D eigenvalue weighted by Crippen LogP contribution is 1.81. The number of rotatable bonds is 3. The van der Waals surface area contributed by atoms with Crippen molar-refractivity contribution in [2.75, 3.05) is 13.8 Å². The Labute approximate surface area is 44.9 Å². The molecule has 0 saturated heterocycles. The SMILES string of the molecule is CNCOC(C)C. The molecule has 0 heterocycles. The van der Waals surface area contributed by atoms with Crippen LogP contribution in [0.1, 0.15) is 13.8 Å². The van der Waals surface area contributed by atoms with E-state index in [0.29, 0.717) is 12.8 Å². The smallest absolute Gasteiger partial charge is 0.0966 e. The molecule has 0 aliphatic carbocycles. The Morgan fingerprint density at radius 2 is 2.14 bits per heavy atom. The maximum atomic E-state index is 5.08. The molecule has 0 bridgehead atoms. The largest absolute Gasteiger partial charge is 0.364 e. The van der Waals surface area contributed by atoms with Gasteiger partial charge in [0.15, 0.2) is 0 Å². The van der Waals surface area contributed by atoms with Gasteiger partial charge >= 0.3 is 0 Å². The first-order valence-corrected chi connectivity index (χ1v) is 2.53. The molecule has 0 unspecified atom stereocenters. The standard InChI is InChI=1S/C5H13NO/c1-5(2)7-4-6-3/h5-6H,4H2,1-3H3. The van der Waals surface area contributed by atoms with Crippen molar-refractivity contribution in [3.63, 3.8) is 0 Å². The van der Waals surface area contributed by atoms with Crippen molar-refractivity contribution in [2.45, 2.75) is 20.0 Å². The average molecular weight is 103 g/mol. The first-order valence-electron chi connectivity index (χ1n) is 2.53. The van der Waals surface area contributed by atoms with Crippen LogP contribution in [0.3, 0.4) is 0 Å². The third-order valence-electron chi connectivity index (χ3n) is 0.561. The maximum Gasteiger partial charge on any atom is 0.0966 e. The van der Waals surface area contributed by atoms with Crippen molar-refractivity contribution in [2.24, 2.45) is 0 Å². The van der Waals surface area contributed by atoms with E-state index in [1.54, 1.807) is 0 Å². The zero-order chi connectivity index (χ0) is 5.70. The van der Waals surface area contributed by atoms with E-state index in [2.05, 4.69) is 5.32 Å². The minimum absolute atomic E-state index is 0.340. The summed E-state index contributed by atoms with van der Waals surface area (Å²) in [6.45, 7) is 4.67. The first-order chi connectivity index (χ1) is 3.27. The van der Waals surface area contributed by atoms with Gasteiger partial charge in [0, 0.05) is 0 Å². The lowest BCUT2D eigenvalue weighted by Crippen LogP contribution is -2.15. The Kier molecular flexibility index (Phi) is 4.04. The molecule has 7 heavy (non-hydrogen) atoms. The Morgan fingerprint density at radius 1 is 1.57 bits per heavy atom. The lowest BCUT2D eigenvalue weighted by atomic mass is 10.5. The predicted molar refractivity (Wildman–Crippen MR) is 30.1 cm³/mol. The van der Waals surface area contributed by atoms with Gasteiger partial charge in [-0.25, -0.2) is 0 Å². The molecule has 0 fully saturated rings. The fourth-order valence-electron chi connectivity index (χ4n) is 0.250. The molecule has 44 valence electrons. The molecule has 0 spiro atoms. The minimum atomic E-state index is 0.340. The second kappa shape index (κ2) is 4.09. The highest BCUT2D eigenvalue weighted by atomic mass is 16.5. The number of ether oxygens (including phenoxy) is 1. The number of nitrogens with one attached hydrogen (secondary N) is 1. The fourth-order valence-corrected chi connectivity index (χ4v) is 0.250. The zero-order valence-corrected chi connectivity index (χ0v) is 5.19. The Balaban J connectivity index is 2.68. The highest BCUT2D eigenvalue weighted by Gasteiger charge is 1.86. The zero-order valence-electron chi connectivity index (χ0n) is 5.19. The molecule has 2 nitrogen and oxygen atoms in total. The first kappa shape index (κ1) is 6.92. The lowest BCUT2D eigenvalue weighted by molar-refractivity contribution is 0.0686. The van der Waals surface area contributed by atoms with E-state index < -0.39 is 0 Å². The molecule has 0 aromatic rings. The third-order valence-corrected chi connectivity index (χ3v) is 0.561. The molecule has 0 aliphatic heterocycles. The fraction of sp³-hybridized carbons (Fsp3) is 1.00. The van der Waals surface area contributed by atoms with E-state index >= 15 is 0 Å². The van der Waals surface area contributed by atoms with E-state index in [0.717, 1.165) is 0 Å². The van der Waals surface area contributed by atoms with Crippen LogP contribution in [0.4, 0.5) is 0 Å². The van der Waals surface area contributed by atoms with Gasteiger partial charge in [-0.2, -0.15) is 0 Å². The molecule has 0 amide bonds. The third kappa shape index (κ3) is 5.92. The Hall–Kier alpha value is -0.0800. The molecule has 0 rings (SSSR count). The molecule has 0 saturated carbocycles. The highest BCUT2D eigenvalue weighted by molar-refractivity contribution is 4.31. The van der Waals surface area contributed by atoms with Crippen LogP contribution in [-0.2, 0) is 4.74 Å². The Morgan fingerprint density at radius 3 is 2.29 bits per heavy atom. The second-order valence-electron chi connectivity index (χ2n) is 1.71. The topological polar surface area (TPSA) is 21.3 Å². The monoisotopic (exact) mass is 103 g/mol. The van der Waals surface area contributed by atoms with Gasteiger partial charge < -0.3 is 4.74 Å². The predicted octanol–water partition coefficient (Wildman–Crippen LogP) is 0.588. The summed E-state index contributed by atoms with van der Waals surface area (Å²) in [5.74, 6) is 0. The van der Waals surface area contributed by atoms with Gasteiger partial charge in [0.1, 0.15) is 0 Å². The summed E-state index contributed by atoms with van der Waals surface area (Å²) in [6.07, 6.45) is 0.340. The summed E-state index contributed by atoms with van der Waals surface area (Å²) in [6, 6.07) is 0. The summed E-state index contributed by atoms with van der Waals surface area (Å²) < 4.78 is 5.08. The summed E-state index contributed by atoms with van der Waals surface area (Å²) in [5.41, 5.74) is 0. The van der Waals surface area contributed by atoms with Crippen molar-refractivity contribution >= 4 is 0 Å². The van der Waals surface area contributed by atoms with Crippen molar-refractivity contribution in [1.82, 2.24) is 5.32 Å². The van der Waals surface area contributed by atoms with Crippen LogP contribution < -0.4 is 5.32 Å². The van der Waals surface area contributed by atoms with Gasteiger partial charge in [-0.15, -0.1) is 0 Å². The maximum absolute atomic E-state index is 5.08. The van der Waals surface area contributed by atoms with Crippen molar-refractivity contribution in [3.8, 4) is 0 Å². The quantitative estimate of drug-likeness (QED) is 0.528. The summed E-state index contributed by atoms with van der Waals surface area (Å²) in [4.78, 5) is 0. The molecule has 0 aromatic carbocycles. The molecule has 0 atom stereocenters. The van der Waals surface area contributed by atoms with E-state index in [1.165, 1.54) is 0 Å². The van der Waals surface area contributed by atoms with E-state index in [9.17, 15) is 0 Å². The van der Waals surface area contributed by atoms with E-state index in [1.807, 2.05) is 20.9 Å². The Bertz CT molecular complexity index is 37.1. The summed E-state index contributed by atoms with van der Waals surface area (Å²) in [7, 11) is 1.86. The van der Waals surface area contributed by atoms with Gasteiger partial charge in [0.05, 0.1) is 12.8 Å². The van der Waals surface area contributed by atoms with Crippen molar-refractivity contribution in [1.29, 1.82) is 0 Å². The molecular formula is C5H13NO. The molecular weight excluding hydrogens is 90.1 g/mol. The van der Waals surface area contributed by atoms with Crippen LogP contribution in [0.2, 0.25) is 0 Å². The van der Waals surface area contributed by atoms with Gasteiger partial charge in [0.2, 0.25) is 0 Å². The average Bonchev–Trinajstić information content (AvgIpc) is 1.61. The van der Waals surface area contributed by atoms with Crippen molar-refractivity contribution in [3.05, 3.63) is 0 Å². The molecule has 0 aromatic heterocycles. The minimum Gasteiger partial charge on any atom is -0.364 e. The van der Waals surface area contributed by atoms with E-state index in [4.69, 9.17) is 4.74 Å². The van der Waals surface area contributed by atoms with Crippen LogP contribution in [-0.4, -0.2) is 19.9 Å². The normalized spacial score (nSPS) is 10.3. The van der Waals surface area contributed by atoms with Crippen molar-refractivity contribution < 1.29 is 4.74 Å². The van der Waals surface area contributed by atoms with Crippen LogP contribution in [0.15, 0.2) is 0 Å². The number of hydrogen-bond donors (Lipinski definition) is 1. The molecule has 0 radical (unpaired) electrons. The van der Waals surface area contributed by atoms with E-state index in [-0.39, 0.29) is 0 Å². The van der Waals surface area contributed by atoms with Gasteiger partial charge in [-0.05, 0) is 20.9 Å². The van der Waals surface area contributed by atoms with Crippen LogP contribution in [0.5, 0.6) is 0 Å². The lowest BCUT2D eigenvalue weighted by Gasteiger charge is -2.03. The molecule has 2 heteroatoms. The van der Waals surface area contributed by atoms with Gasteiger partial charge in [-0.1, -0.05) is 0 Å². The van der Waals surface area contributed by atoms with Crippen LogP contribution >= 0.6 is 0 Å². The van der Waals surface area contributed by atoms with Gasteiger partial charge in [0.25, 0.3) is 0 Å². The number of hydrogen-bond acceptors (Lipinski definition) is 2. The summed E-state index contributed by atoms with van der Waals surface area (Å²) in [5, 5.41) is 2.88. The summed E-state index contributed by atoms with van der Waals surface area (Å²) >= 11 is 0. The second-order valence-corrected chi connectivity index (χ2v) is 1.71. The molecule has 1 N–H and O–H groups in total.